The zero-order valence-corrected chi connectivity index (χ0v) is 37.4. The lowest BCUT2D eigenvalue weighted by molar-refractivity contribution is 0.653. The Labute approximate surface area is 396 Å². The third-order valence-corrected chi connectivity index (χ3v) is 13.8. The zero-order valence-electron chi connectivity index (χ0n) is 36.5. The van der Waals surface area contributed by atoms with Gasteiger partial charge in [0.25, 0.3) is 0 Å². The lowest BCUT2D eigenvalue weighted by Gasteiger charge is -2.11. The number of aromatic nitrogens is 4. The average molecular weight is 887 g/mol. The number of hydrogen-bond donors (Lipinski definition) is 0. The summed E-state index contributed by atoms with van der Waals surface area (Å²) in [7, 11) is 0. The van der Waals surface area contributed by atoms with Crippen molar-refractivity contribution < 1.29 is 4.42 Å². The smallest absolute Gasteiger partial charge is 0.231 e. The molecule has 0 bridgehead atoms. The van der Waals surface area contributed by atoms with Crippen molar-refractivity contribution in [2.24, 2.45) is 0 Å². The van der Waals surface area contributed by atoms with Crippen molar-refractivity contribution in [1.29, 1.82) is 0 Å². The Morgan fingerprint density at radius 1 is 0.294 bits per heavy atom. The van der Waals surface area contributed by atoms with Crippen LogP contribution in [0.2, 0.25) is 0 Å². The van der Waals surface area contributed by atoms with E-state index in [1.807, 2.05) is 30.3 Å². The van der Waals surface area contributed by atoms with Crippen molar-refractivity contribution in [3.63, 3.8) is 0 Å². The minimum Gasteiger partial charge on any atom is -0.438 e. The van der Waals surface area contributed by atoms with E-state index in [0.717, 1.165) is 99.0 Å². The van der Waals surface area contributed by atoms with Gasteiger partial charge < -0.3 is 4.42 Å². The van der Waals surface area contributed by atoms with Gasteiger partial charge in [-0.15, -0.1) is 11.3 Å². The van der Waals surface area contributed by atoms with Gasteiger partial charge in [-0.25, -0.2) is 15.0 Å². The number of para-hydroxylation sites is 1. The van der Waals surface area contributed by atoms with E-state index in [2.05, 4.69) is 200 Å². The first-order valence-electron chi connectivity index (χ1n) is 22.7. The van der Waals surface area contributed by atoms with E-state index in [4.69, 9.17) is 24.4 Å². The van der Waals surface area contributed by atoms with Crippen LogP contribution in [0.1, 0.15) is 0 Å². The SMILES string of the molecule is c1ccc(-c2ccc(-c3nc(-c4cccc(-c5cccc(-c6cccc(-c7nc(-c8ccc(-c9ccccc9)cc8)c8c(n7)oc7ccccc78)c6)c5)c4)c4c(n3)sc3ccccc34)cc2)cc1. The normalized spacial score (nSPS) is 11.5. The number of rotatable bonds is 8. The van der Waals surface area contributed by atoms with Crippen molar-refractivity contribution in [1.82, 2.24) is 19.9 Å². The molecule has 318 valence electrons. The van der Waals surface area contributed by atoms with E-state index in [0.29, 0.717) is 17.4 Å². The highest BCUT2D eigenvalue weighted by Gasteiger charge is 2.20. The Bertz CT molecular complexity index is 4010. The maximum Gasteiger partial charge on any atom is 0.231 e. The molecule has 0 saturated heterocycles. The molecule has 4 heterocycles. The molecule has 0 aliphatic heterocycles. The number of nitrogens with zero attached hydrogens (tertiary/aromatic N) is 4. The van der Waals surface area contributed by atoms with Crippen molar-refractivity contribution in [2.45, 2.75) is 0 Å². The van der Waals surface area contributed by atoms with Gasteiger partial charge in [-0.3, -0.25) is 0 Å². The number of benzene rings is 9. The van der Waals surface area contributed by atoms with Crippen molar-refractivity contribution >= 4 is 53.7 Å². The Morgan fingerprint density at radius 3 is 1.38 bits per heavy atom. The quantitative estimate of drug-likeness (QED) is 0.152. The molecule has 0 unspecified atom stereocenters. The fraction of sp³-hybridized carbons (Fsp3) is 0. The highest BCUT2D eigenvalue weighted by molar-refractivity contribution is 7.25. The molecule has 13 rings (SSSR count). The van der Waals surface area contributed by atoms with Gasteiger partial charge in [-0.05, 0) is 74.8 Å². The van der Waals surface area contributed by atoms with Crippen molar-refractivity contribution in [3.05, 3.63) is 231 Å². The molecule has 0 amide bonds. The van der Waals surface area contributed by atoms with E-state index in [1.54, 1.807) is 11.3 Å². The highest BCUT2D eigenvalue weighted by atomic mass is 32.1. The Kier molecular flexibility index (Phi) is 9.62. The summed E-state index contributed by atoms with van der Waals surface area (Å²) in [4.78, 5) is 21.9. The Balaban J connectivity index is 0.870. The molecule has 0 N–H and O–H groups in total. The summed E-state index contributed by atoms with van der Waals surface area (Å²) in [6.45, 7) is 0. The molecular formula is C62H38N4OS. The lowest BCUT2D eigenvalue weighted by Crippen LogP contribution is -1.94. The second-order valence-corrected chi connectivity index (χ2v) is 18.0. The monoisotopic (exact) mass is 886 g/mol. The molecule has 0 saturated carbocycles. The van der Waals surface area contributed by atoms with Gasteiger partial charge in [0, 0.05) is 43.1 Å². The maximum absolute atomic E-state index is 6.42. The molecule has 0 aliphatic carbocycles. The largest absolute Gasteiger partial charge is 0.438 e. The highest BCUT2D eigenvalue weighted by Crippen LogP contribution is 2.42. The summed E-state index contributed by atoms with van der Waals surface area (Å²) in [5.74, 6) is 1.32. The lowest BCUT2D eigenvalue weighted by atomic mass is 9.96. The van der Waals surface area contributed by atoms with Gasteiger partial charge in [-0.2, -0.15) is 4.98 Å². The number of fused-ring (bicyclic) bond motifs is 6. The van der Waals surface area contributed by atoms with Gasteiger partial charge in [-0.1, -0.05) is 200 Å². The zero-order chi connectivity index (χ0) is 45.0. The van der Waals surface area contributed by atoms with Gasteiger partial charge in [0.2, 0.25) is 5.71 Å². The molecule has 6 heteroatoms. The first-order valence-corrected chi connectivity index (χ1v) is 23.5. The molecule has 4 aromatic heterocycles. The molecule has 5 nitrogen and oxygen atoms in total. The molecule has 9 aromatic carbocycles. The van der Waals surface area contributed by atoms with Crippen molar-refractivity contribution in [2.75, 3.05) is 0 Å². The van der Waals surface area contributed by atoms with E-state index >= 15 is 0 Å². The van der Waals surface area contributed by atoms with Crippen LogP contribution < -0.4 is 0 Å². The van der Waals surface area contributed by atoms with Crippen LogP contribution in [0.15, 0.2) is 235 Å². The van der Waals surface area contributed by atoms with Crippen LogP contribution in [0, 0.1) is 0 Å². The second-order valence-electron chi connectivity index (χ2n) is 17.0. The summed E-state index contributed by atoms with van der Waals surface area (Å²) < 4.78 is 7.61. The molecule has 0 spiro atoms. The third-order valence-electron chi connectivity index (χ3n) is 12.8. The van der Waals surface area contributed by atoms with Crippen LogP contribution in [0.25, 0.3) is 132 Å². The maximum atomic E-state index is 6.42. The standard InChI is InChI=1S/C62H38N4OS/c1-3-14-39(15-4-1)41-28-32-43(33-29-41)57-55-51-24-7-9-26-53(51)67-61(55)65-60(63-57)50-23-13-21-48(38-50)46-19-11-18-45(36-46)47-20-12-22-49(37-47)58-56-52-25-8-10-27-54(52)68-62(56)66-59(64-58)44-34-30-42(31-35-44)40-16-5-2-6-17-40/h1-38H. The van der Waals surface area contributed by atoms with Crippen LogP contribution in [0.5, 0.6) is 0 Å². The Morgan fingerprint density at radius 2 is 0.735 bits per heavy atom. The van der Waals surface area contributed by atoms with Crippen LogP contribution in [0.3, 0.4) is 0 Å². The molecule has 0 aliphatic rings. The molecule has 13 aromatic rings. The molecule has 0 fully saturated rings. The van der Waals surface area contributed by atoms with Crippen LogP contribution in [-0.2, 0) is 0 Å². The van der Waals surface area contributed by atoms with Gasteiger partial charge in [0.05, 0.1) is 16.8 Å². The van der Waals surface area contributed by atoms with E-state index in [-0.39, 0.29) is 0 Å². The molecule has 68 heavy (non-hydrogen) atoms. The predicted molar refractivity (Wildman–Crippen MR) is 281 cm³/mol. The van der Waals surface area contributed by atoms with Crippen molar-refractivity contribution in [3.8, 4) is 89.8 Å². The minimum atomic E-state index is 0.565. The van der Waals surface area contributed by atoms with Gasteiger partial charge in [0.15, 0.2) is 11.6 Å². The fourth-order valence-corrected chi connectivity index (χ4v) is 10.5. The first kappa shape index (κ1) is 39.5. The van der Waals surface area contributed by atoms with E-state index < -0.39 is 0 Å². The number of furan rings is 1. The van der Waals surface area contributed by atoms with Crippen LogP contribution in [0.4, 0.5) is 0 Å². The number of hydrogen-bond acceptors (Lipinski definition) is 6. The summed E-state index contributed by atoms with van der Waals surface area (Å²) in [6.07, 6.45) is 0. The van der Waals surface area contributed by atoms with Gasteiger partial charge in [0.1, 0.15) is 10.4 Å². The second kappa shape index (κ2) is 16.5. The summed E-state index contributed by atoms with van der Waals surface area (Å²) in [5, 5.41) is 4.14. The summed E-state index contributed by atoms with van der Waals surface area (Å²) in [5.41, 5.74) is 16.0. The average Bonchev–Trinajstić information content (AvgIpc) is 4.00. The fourth-order valence-electron chi connectivity index (χ4n) is 9.38. The molecule has 0 atom stereocenters. The van der Waals surface area contributed by atoms with E-state index in [9.17, 15) is 0 Å². The first-order chi connectivity index (χ1) is 33.7. The van der Waals surface area contributed by atoms with Gasteiger partial charge >= 0.3 is 0 Å². The summed E-state index contributed by atoms with van der Waals surface area (Å²) >= 11 is 1.71. The summed E-state index contributed by atoms with van der Waals surface area (Å²) in [6, 6.07) is 80.6. The minimum absolute atomic E-state index is 0.565. The third kappa shape index (κ3) is 7.12. The Hall–Kier alpha value is -8.84. The molecular weight excluding hydrogens is 849 g/mol. The number of thiophene rings is 1. The van der Waals surface area contributed by atoms with Crippen LogP contribution >= 0.6 is 11.3 Å². The molecule has 0 radical (unpaired) electrons. The predicted octanol–water partition coefficient (Wildman–Crippen LogP) is 16.9. The van der Waals surface area contributed by atoms with E-state index in [1.165, 1.54) is 15.8 Å². The van der Waals surface area contributed by atoms with Crippen LogP contribution in [-0.4, -0.2) is 19.9 Å². The topological polar surface area (TPSA) is 64.7 Å².